The van der Waals surface area contributed by atoms with Crippen molar-refractivity contribution in [2.75, 3.05) is 0 Å². The molecule has 1 nitrogen and oxygen atoms in total. The van der Waals surface area contributed by atoms with Gasteiger partial charge >= 0.3 is 0 Å². The fraction of sp³-hybridized carbons (Fsp3) is 1.00. The maximum atomic E-state index is 2.46. The monoisotopic (exact) mass is 377 g/mol. The Morgan fingerprint density at radius 3 is 2.64 bits per heavy atom. The predicted octanol–water partition coefficient (Wildman–Crippen LogP) is 3.71. The van der Waals surface area contributed by atoms with E-state index in [9.17, 15) is 0 Å². The molecule has 2 aliphatic rings. The van der Waals surface area contributed by atoms with Crippen molar-refractivity contribution in [3.8, 4) is 0 Å². The SMILES string of the molecule is IN(I)[C@@]12CCC[C@H](CC1)C2. The van der Waals surface area contributed by atoms with Crippen molar-refractivity contribution in [3.63, 3.8) is 0 Å². The molecule has 3 heteroatoms. The Balaban J connectivity index is 2.13. The van der Waals surface area contributed by atoms with Gasteiger partial charge in [0.25, 0.3) is 0 Å². The fourth-order valence-electron chi connectivity index (χ4n) is 2.65. The van der Waals surface area contributed by atoms with Gasteiger partial charge in [-0.15, -0.1) is 0 Å². The van der Waals surface area contributed by atoms with Crippen molar-refractivity contribution in [2.45, 2.75) is 44.1 Å². The molecule has 0 saturated heterocycles. The first-order chi connectivity index (χ1) is 5.23. The van der Waals surface area contributed by atoms with Crippen LogP contribution in [-0.2, 0) is 0 Å². The summed E-state index contributed by atoms with van der Waals surface area (Å²) in [5.41, 5.74) is 0.601. The van der Waals surface area contributed by atoms with Crippen LogP contribution in [0.1, 0.15) is 38.5 Å². The van der Waals surface area contributed by atoms with E-state index in [2.05, 4.69) is 47.1 Å². The van der Waals surface area contributed by atoms with Crippen LogP contribution in [0, 0.1) is 5.92 Å². The summed E-state index contributed by atoms with van der Waals surface area (Å²) in [6.45, 7) is 0. The molecule has 0 aromatic heterocycles. The first-order valence-corrected chi connectivity index (χ1v) is 6.28. The molecule has 2 fully saturated rings. The summed E-state index contributed by atoms with van der Waals surface area (Å²) in [5.74, 6) is 1.07. The lowest BCUT2D eigenvalue weighted by Crippen LogP contribution is -2.36. The lowest BCUT2D eigenvalue weighted by molar-refractivity contribution is 0.254. The van der Waals surface area contributed by atoms with Crippen LogP contribution < -0.4 is 0 Å². The van der Waals surface area contributed by atoms with Crippen LogP contribution in [0.5, 0.6) is 0 Å². The minimum Gasteiger partial charge on any atom is -0.182 e. The van der Waals surface area contributed by atoms with Crippen molar-refractivity contribution in [3.05, 3.63) is 0 Å². The van der Waals surface area contributed by atoms with E-state index in [1.807, 2.05) is 0 Å². The van der Waals surface area contributed by atoms with Crippen molar-refractivity contribution >= 4 is 45.7 Å². The molecule has 0 spiro atoms. The number of rotatable bonds is 1. The Kier molecular flexibility index (Phi) is 2.69. The molecule has 0 unspecified atom stereocenters. The largest absolute Gasteiger partial charge is 0.182 e. The Morgan fingerprint density at radius 1 is 1.18 bits per heavy atom. The normalized spacial score (nSPS) is 43.4. The van der Waals surface area contributed by atoms with Gasteiger partial charge in [-0.25, -0.2) is 0 Å². The highest BCUT2D eigenvalue weighted by Crippen LogP contribution is 2.50. The molecule has 2 aliphatic carbocycles. The zero-order chi connectivity index (χ0) is 7.90. The van der Waals surface area contributed by atoms with E-state index < -0.39 is 0 Å². The third-order valence-corrected chi connectivity index (χ3v) is 5.35. The average molecular weight is 377 g/mol. The third-order valence-electron chi connectivity index (χ3n) is 3.30. The van der Waals surface area contributed by atoms with Gasteiger partial charge in [-0.3, -0.25) is 0 Å². The molecule has 0 N–H and O–H groups in total. The van der Waals surface area contributed by atoms with Gasteiger partial charge in [0.05, 0.1) is 0 Å². The highest BCUT2D eigenvalue weighted by Gasteiger charge is 2.44. The number of fused-ring (bicyclic) bond motifs is 2. The maximum Gasteiger partial charge on any atom is 0.0411 e. The second-order valence-electron chi connectivity index (χ2n) is 3.96. The van der Waals surface area contributed by atoms with E-state index in [0.29, 0.717) is 5.54 Å². The number of hydrogen-bond donors (Lipinski definition) is 0. The van der Waals surface area contributed by atoms with E-state index in [0.717, 1.165) is 5.92 Å². The van der Waals surface area contributed by atoms with Gasteiger partial charge in [-0.1, -0.05) is 12.8 Å². The molecule has 2 saturated carbocycles. The Morgan fingerprint density at radius 2 is 2.00 bits per heavy atom. The molecule has 0 heterocycles. The van der Waals surface area contributed by atoms with E-state index in [4.69, 9.17) is 0 Å². The van der Waals surface area contributed by atoms with Gasteiger partial charge in [0.15, 0.2) is 0 Å². The average Bonchev–Trinajstić information content (AvgIpc) is 2.29. The van der Waals surface area contributed by atoms with Gasteiger partial charge < -0.3 is 0 Å². The lowest BCUT2D eigenvalue weighted by atomic mass is 9.84. The highest BCUT2D eigenvalue weighted by atomic mass is 127. The molecule has 2 bridgehead atoms. The molecule has 0 amide bonds. The van der Waals surface area contributed by atoms with Crippen LogP contribution in [-0.4, -0.2) is 6.87 Å². The summed E-state index contributed by atoms with van der Waals surface area (Å²) in [6, 6.07) is 0. The molecule has 0 radical (unpaired) electrons. The van der Waals surface area contributed by atoms with E-state index in [1.165, 1.54) is 38.5 Å². The standard InChI is InChI=1S/C8H13I2N/c9-11(10)8-4-1-2-7(6-8)3-5-8/h7H,1-6H2/t7-,8+/m1/s1. The van der Waals surface area contributed by atoms with Crippen LogP contribution in [0.3, 0.4) is 0 Å². The Bertz CT molecular complexity index is 156. The first kappa shape index (κ1) is 8.99. The summed E-state index contributed by atoms with van der Waals surface area (Å²) in [6.07, 6.45) is 8.82. The zero-order valence-electron chi connectivity index (χ0n) is 6.52. The quantitative estimate of drug-likeness (QED) is 0.498. The molecular formula is C8H13I2N. The van der Waals surface area contributed by atoms with Crippen LogP contribution in [0.25, 0.3) is 0 Å². The Labute approximate surface area is 96.3 Å². The van der Waals surface area contributed by atoms with E-state index in [1.54, 1.807) is 0 Å². The molecule has 0 aromatic rings. The van der Waals surface area contributed by atoms with Gasteiger partial charge in [0.2, 0.25) is 0 Å². The first-order valence-electron chi connectivity index (χ1n) is 4.35. The Hall–Kier alpha value is 1.42. The van der Waals surface area contributed by atoms with E-state index >= 15 is 0 Å². The molecule has 2 atom stereocenters. The van der Waals surface area contributed by atoms with E-state index in [-0.39, 0.29) is 0 Å². The smallest absolute Gasteiger partial charge is 0.0411 e. The summed E-state index contributed by atoms with van der Waals surface area (Å²) in [7, 11) is 0. The van der Waals surface area contributed by atoms with Crippen molar-refractivity contribution in [2.24, 2.45) is 5.92 Å². The van der Waals surface area contributed by atoms with Gasteiger partial charge in [-0.2, -0.15) is 1.33 Å². The lowest BCUT2D eigenvalue weighted by Gasteiger charge is -2.36. The minimum absolute atomic E-state index is 0.601. The van der Waals surface area contributed by atoms with Crippen LogP contribution >= 0.6 is 45.7 Å². The number of nitrogens with zero attached hydrogens (tertiary/aromatic N) is 1. The molecule has 11 heavy (non-hydrogen) atoms. The molecule has 0 aromatic carbocycles. The molecular weight excluding hydrogens is 364 g/mol. The van der Waals surface area contributed by atoms with Gasteiger partial charge in [-0.05, 0) is 31.6 Å². The van der Waals surface area contributed by atoms with Crippen LogP contribution in [0.2, 0.25) is 0 Å². The number of halogens is 2. The topological polar surface area (TPSA) is 3.24 Å². The van der Waals surface area contributed by atoms with Crippen molar-refractivity contribution in [1.82, 2.24) is 1.33 Å². The number of hydrogen-bond acceptors (Lipinski definition) is 1. The summed E-state index contributed by atoms with van der Waals surface area (Å²) in [4.78, 5) is 0. The van der Waals surface area contributed by atoms with Gasteiger partial charge in [0, 0.05) is 51.3 Å². The molecule has 64 valence electrons. The summed E-state index contributed by atoms with van der Waals surface area (Å²) < 4.78 is 2.42. The second-order valence-corrected chi connectivity index (χ2v) is 7.73. The highest BCUT2D eigenvalue weighted by molar-refractivity contribution is 14.2. The van der Waals surface area contributed by atoms with Crippen molar-refractivity contribution < 1.29 is 0 Å². The maximum absolute atomic E-state index is 2.46. The molecule has 0 aliphatic heterocycles. The zero-order valence-corrected chi connectivity index (χ0v) is 10.8. The third kappa shape index (κ3) is 1.57. The predicted molar refractivity (Wildman–Crippen MR) is 63.8 cm³/mol. The molecule has 2 rings (SSSR count). The summed E-state index contributed by atoms with van der Waals surface area (Å²) in [5, 5.41) is 0. The minimum atomic E-state index is 0.601. The van der Waals surface area contributed by atoms with Crippen molar-refractivity contribution in [1.29, 1.82) is 0 Å². The van der Waals surface area contributed by atoms with Crippen LogP contribution in [0.15, 0.2) is 0 Å². The second kappa shape index (κ2) is 3.29. The fourth-order valence-corrected chi connectivity index (χ4v) is 4.00. The summed E-state index contributed by atoms with van der Waals surface area (Å²) >= 11 is 4.92. The van der Waals surface area contributed by atoms with Crippen LogP contribution in [0.4, 0.5) is 0 Å². The van der Waals surface area contributed by atoms with Gasteiger partial charge in [0.1, 0.15) is 0 Å².